The van der Waals surface area contributed by atoms with E-state index < -0.39 is 17.5 Å². The Morgan fingerprint density at radius 3 is 2.74 bits per heavy atom. The van der Waals surface area contributed by atoms with E-state index in [-0.39, 0.29) is 5.56 Å². The summed E-state index contributed by atoms with van der Waals surface area (Å²) in [5.41, 5.74) is 0.727. The third-order valence-electron chi connectivity index (χ3n) is 3.17. The average molecular weight is 315 g/mol. The largest absolute Gasteiger partial charge is 0.322 e. The number of nitrogens with zero attached hydrogens (tertiary/aromatic N) is 4. The van der Waals surface area contributed by atoms with Gasteiger partial charge in [-0.2, -0.15) is 0 Å². The smallest absolute Gasteiger partial charge is 0.258 e. The number of aromatic nitrogens is 4. The molecule has 0 saturated heterocycles. The fourth-order valence-electron chi connectivity index (χ4n) is 2.08. The Hall–Kier alpha value is -3.16. The van der Waals surface area contributed by atoms with E-state index in [9.17, 15) is 13.6 Å². The number of hydrogen-bond donors (Lipinski definition) is 1. The van der Waals surface area contributed by atoms with Gasteiger partial charge in [0.25, 0.3) is 5.91 Å². The topological polar surface area (TPSA) is 72.7 Å². The number of hydrogen-bond acceptors (Lipinski definition) is 4. The van der Waals surface area contributed by atoms with Gasteiger partial charge in [-0.05, 0) is 40.8 Å². The molecule has 0 atom stereocenters. The van der Waals surface area contributed by atoms with Crippen LogP contribution >= 0.6 is 0 Å². The van der Waals surface area contributed by atoms with Crippen LogP contribution in [0.25, 0.3) is 11.4 Å². The van der Waals surface area contributed by atoms with E-state index in [1.807, 2.05) is 0 Å². The average Bonchev–Trinajstić information content (AvgIpc) is 2.96. The van der Waals surface area contributed by atoms with E-state index in [2.05, 4.69) is 20.8 Å². The minimum absolute atomic E-state index is 0.365. The fourth-order valence-corrected chi connectivity index (χ4v) is 2.08. The molecule has 3 aromatic rings. The van der Waals surface area contributed by atoms with Crippen molar-refractivity contribution in [2.45, 2.75) is 0 Å². The Morgan fingerprint density at radius 1 is 1.17 bits per heavy atom. The molecule has 1 heterocycles. The molecule has 23 heavy (non-hydrogen) atoms. The number of anilines is 1. The molecule has 2 aromatic carbocycles. The predicted molar refractivity (Wildman–Crippen MR) is 78.5 cm³/mol. The quantitative estimate of drug-likeness (QED) is 0.805. The maximum absolute atomic E-state index is 13.6. The van der Waals surface area contributed by atoms with Crippen LogP contribution in [-0.4, -0.2) is 26.1 Å². The number of rotatable bonds is 3. The molecule has 0 fully saturated rings. The van der Waals surface area contributed by atoms with Gasteiger partial charge in [0, 0.05) is 18.3 Å². The van der Waals surface area contributed by atoms with Crippen molar-refractivity contribution in [3.63, 3.8) is 0 Å². The first-order chi connectivity index (χ1) is 11.0. The third-order valence-corrected chi connectivity index (χ3v) is 3.17. The van der Waals surface area contributed by atoms with Crippen LogP contribution in [-0.2, 0) is 7.05 Å². The van der Waals surface area contributed by atoms with E-state index >= 15 is 0 Å². The molecule has 0 aliphatic rings. The molecule has 8 heteroatoms. The Balaban J connectivity index is 1.87. The molecule has 116 valence electrons. The van der Waals surface area contributed by atoms with Gasteiger partial charge in [-0.1, -0.05) is 12.1 Å². The highest BCUT2D eigenvalue weighted by molar-refractivity contribution is 6.04. The highest BCUT2D eigenvalue weighted by Crippen LogP contribution is 2.20. The lowest BCUT2D eigenvalue weighted by molar-refractivity contribution is 0.102. The summed E-state index contributed by atoms with van der Waals surface area (Å²) >= 11 is 0. The molecule has 1 N–H and O–H groups in total. The monoisotopic (exact) mass is 315 g/mol. The number of aryl methyl sites for hydroxylation is 1. The first-order valence-electron chi connectivity index (χ1n) is 6.64. The third kappa shape index (κ3) is 3.05. The zero-order valence-corrected chi connectivity index (χ0v) is 12.0. The van der Waals surface area contributed by atoms with Crippen LogP contribution in [0.2, 0.25) is 0 Å². The lowest BCUT2D eigenvalue weighted by Gasteiger charge is -2.08. The van der Waals surface area contributed by atoms with Gasteiger partial charge in [0.1, 0.15) is 11.6 Å². The van der Waals surface area contributed by atoms with E-state index in [0.717, 1.165) is 18.2 Å². The van der Waals surface area contributed by atoms with E-state index in [1.54, 1.807) is 31.3 Å². The Bertz CT molecular complexity index is 878. The van der Waals surface area contributed by atoms with Crippen molar-refractivity contribution >= 4 is 11.6 Å². The number of benzene rings is 2. The Labute approximate surface area is 129 Å². The molecule has 0 unspecified atom stereocenters. The summed E-state index contributed by atoms with van der Waals surface area (Å²) in [4.78, 5) is 12.1. The standard InChI is InChI=1S/C15H11F2N5O/c1-22-14(19-20-21-22)9-3-2-4-11(7-9)18-15(23)12-8-10(16)5-6-13(12)17/h2-8H,1H3,(H,18,23). The van der Waals surface area contributed by atoms with Crippen molar-refractivity contribution < 1.29 is 13.6 Å². The molecule has 0 spiro atoms. The van der Waals surface area contributed by atoms with Crippen molar-refractivity contribution in [3.05, 3.63) is 59.7 Å². The van der Waals surface area contributed by atoms with Crippen LogP contribution in [0.4, 0.5) is 14.5 Å². The summed E-state index contributed by atoms with van der Waals surface area (Å²) < 4.78 is 28.3. The first-order valence-corrected chi connectivity index (χ1v) is 6.64. The first kappa shape index (κ1) is 14.8. The van der Waals surface area contributed by atoms with Crippen molar-refractivity contribution in [2.75, 3.05) is 5.32 Å². The molecule has 0 aliphatic heterocycles. The lowest BCUT2D eigenvalue weighted by atomic mass is 10.1. The van der Waals surface area contributed by atoms with Crippen LogP contribution in [0, 0.1) is 11.6 Å². The summed E-state index contributed by atoms with van der Waals surface area (Å²) in [5.74, 6) is -1.71. The molecule has 0 aliphatic carbocycles. The van der Waals surface area contributed by atoms with Gasteiger partial charge in [0.05, 0.1) is 5.56 Å². The van der Waals surface area contributed by atoms with Crippen LogP contribution in [0.3, 0.4) is 0 Å². The Morgan fingerprint density at radius 2 is 2.00 bits per heavy atom. The van der Waals surface area contributed by atoms with Gasteiger partial charge in [-0.3, -0.25) is 4.79 Å². The Kier molecular flexibility index (Phi) is 3.80. The number of nitrogens with one attached hydrogen (secondary N) is 1. The summed E-state index contributed by atoms with van der Waals surface area (Å²) in [6, 6.07) is 9.44. The second-order valence-electron chi connectivity index (χ2n) is 4.79. The molecule has 1 aromatic heterocycles. The fraction of sp³-hybridized carbons (Fsp3) is 0.0667. The number of tetrazole rings is 1. The molecular formula is C15H11F2N5O. The van der Waals surface area contributed by atoms with Gasteiger partial charge < -0.3 is 5.32 Å². The summed E-state index contributed by atoms with van der Waals surface area (Å²) in [6.07, 6.45) is 0. The number of carbonyl (C=O) groups excluding carboxylic acids is 1. The lowest BCUT2D eigenvalue weighted by Crippen LogP contribution is -2.14. The zero-order chi connectivity index (χ0) is 16.4. The van der Waals surface area contributed by atoms with Gasteiger partial charge >= 0.3 is 0 Å². The predicted octanol–water partition coefficient (Wildman–Crippen LogP) is 2.41. The molecule has 1 amide bonds. The van der Waals surface area contributed by atoms with E-state index in [0.29, 0.717) is 17.1 Å². The van der Waals surface area contributed by atoms with E-state index in [1.165, 1.54) is 4.68 Å². The van der Waals surface area contributed by atoms with Crippen molar-refractivity contribution in [3.8, 4) is 11.4 Å². The maximum Gasteiger partial charge on any atom is 0.258 e. The van der Waals surface area contributed by atoms with Crippen molar-refractivity contribution in [2.24, 2.45) is 7.05 Å². The van der Waals surface area contributed by atoms with Gasteiger partial charge in [-0.15, -0.1) is 5.10 Å². The molecule has 6 nitrogen and oxygen atoms in total. The van der Waals surface area contributed by atoms with Gasteiger partial charge in [0.2, 0.25) is 0 Å². The van der Waals surface area contributed by atoms with Crippen LogP contribution < -0.4 is 5.32 Å². The molecule has 0 saturated carbocycles. The second kappa shape index (κ2) is 5.91. The minimum atomic E-state index is -0.794. The van der Waals surface area contributed by atoms with E-state index in [4.69, 9.17) is 0 Å². The van der Waals surface area contributed by atoms with Crippen LogP contribution in [0.15, 0.2) is 42.5 Å². The highest BCUT2D eigenvalue weighted by atomic mass is 19.1. The number of carbonyl (C=O) groups is 1. The number of halogens is 2. The molecule has 3 rings (SSSR count). The summed E-state index contributed by atoms with van der Waals surface area (Å²) in [5, 5.41) is 13.7. The second-order valence-corrected chi connectivity index (χ2v) is 4.79. The van der Waals surface area contributed by atoms with Crippen molar-refractivity contribution in [1.82, 2.24) is 20.2 Å². The normalized spacial score (nSPS) is 10.6. The number of amides is 1. The summed E-state index contributed by atoms with van der Waals surface area (Å²) in [6.45, 7) is 0. The van der Waals surface area contributed by atoms with Crippen LogP contribution in [0.1, 0.15) is 10.4 Å². The maximum atomic E-state index is 13.6. The van der Waals surface area contributed by atoms with Crippen molar-refractivity contribution in [1.29, 1.82) is 0 Å². The molecular weight excluding hydrogens is 304 g/mol. The van der Waals surface area contributed by atoms with Gasteiger partial charge in [0.15, 0.2) is 5.82 Å². The molecule has 0 radical (unpaired) electrons. The zero-order valence-electron chi connectivity index (χ0n) is 12.0. The minimum Gasteiger partial charge on any atom is -0.322 e. The van der Waals surface area contributed by atoms with Crippen LogP contribution in [0.5, 0.6) is 0 Å². The highest BCUT2D eigenvalue weighted by Gasteiger charge is 2.14. The summed E-state index contributed by atoms with van der Waals surface area (Å²) in [7, 11) is 1.68. The SMILES string of the molecule is Cn1nnnc1-c1cccc(NC(=O)c2cc(F)ccc2F)c1. The van der Waals surface area contributed by atoms with Gasteiger partial charge in [-0.25, -0.2) is 13.5 Å². The molecule has 0 bridgehead atoms.